The molecule has 1 aromatic heterocycles. The molecular formula is C7H6N2O2S. The van der Waals surface area contributed by atoms with Crippen LogP contribution >= 0.6 is 11.3 Å². The molecule has 0 saturated carbocycles. The van der Waals surface area contributed by atoms with Gasteiger partial charge in [0.15, 0.2) is 0 Å². The summed E-state index contributed by atoms with van der Waals surface area (Å²) in [5.41, 5.74) is 0.914. The Kier molecular flexibility index (Phi) is 2.11. The van der Waals surface area contributed by atoms with Gasteiger partial charge in [-0.15, -0.1) is 0 Å². The first-order valence-electron chi connectivity index (χ1n) is 3.22. The first-order chi connectivity index (χ1) is 5.57. The fourth-order valence-electron chi connectivity index (χ4n) is 0.980. The van der Waals surface area contributed by atoms with E-state index in [2.05, 4.69) is 0 Å². The molecule has 0 N–H and O–H groups in total. The number of nitriles is 1. The van der Waals surface area contributed by atoms with Crippen LogP contribution in [0.15, 0.2) is 0 Å². The van der Waals surface area contributed by atoms with Gasteiger partial charge < -0.3 is 0 Å². The molecule has 1 heterocycles. The first-order valence-corrected chi connectivity index (χ1v) is 4.04. The maximum atomic E-state index is 10.4. The van der Waals surface area contributed by atoms with E-state index < -0.39 is 4.92 Å². The van der Waals surface area contributed by atoms with Crippen molar-refractivity contribution in [1.82, 2.24) is 0 Å². The Bertz CT molecular complexity index is 375. The fourth-order valence-corrected chi connectivity index (χ4v) is 1.90. The molecule has 0 saturated heterocycles. The van der Waals surface area contributed by atoms with Crippen molar-refractivity contribution in [2.45, 2.75) is 13.8 Å². The van der Waals surface area contributed by atoms with E-state index in [1.165, 1.54) is 0 Å². The van der Waals surface area contributed by atoms with Gasteiger partial charge >= 0.3 is 5.00 Å². The Morgan fingerprint density at radius 2 is 2.17 bits per heavy atom. The van der Waals surface area contributed by atoms with E-state index in [4.69, 9.17) is 5.26 Å². The first kappa shape index (κ1) is 8.68. The highest BCUT2D eigenvalue weighted by atomic mass is 32.1. The van der Waals surface area contributed by atoms with Crippen molar-refractivity contribution in [2.24, 2.45) is 0 Å². The number of rotatable bonds is 1. The van der Waals surface area contributed by atoms with Gasteiger partial charge in [-0.05, 0) is 13.8 Å². The molecule has 0 aliphatic heterocycles. The van der Waals surface area contributed by atoms with Crippen molar-refractivity contribution in [2.75, 3.05) is 0 Å². The summed E-state index contributed by atoms with van der Waals surface area (Å²) in [6, 6.07) is 1.94. The van der Waals surface area contributed by atoms with E-state index in [0.717, 1.165) is 11.3 Å². The van der Waals surface area contributed by atoms with E-state index in [1.54, 1.807) is 13.8 Å². The van der Waals surface area contributed by atoms with Crippen LogP contribution in [0.4, 0.5) is 5.00 Å². The lowest BCUT2D eigenvalue weighted by Gasteiger charge is -1.85. The smallest absolute Gasteiger partial charge is 0.258 e. The van der Waals surface area contributed by atoms with Crippen LogP contribution in [-0.4, -0.2) is 4.92 Å². The number of nitro groups is 1. The highest BCUT2D eigenvalue weighted by molar-refractivity contribution is 7.15. The lowest BCUT2D eigenvalue weighted by molar-refractivity contribution is -0.380. The number of hydrogen-bond acceptors (Lipinski definition) is 4. The van der Waals surface area contributed by atoms with Gasteiger partial charge in [-0.3, -0.25) is 10.1 Å². The summed E-state index contributed by atoms with van der Waals surface area (Å²) in [6.45, 7) is 3.31. The third kappa shape index (κ3) is 1.17. The molecule has 0 atom stereocenters. The van der Waals surface area contributed by atoms with E-state index >= 15 is 0 Å². The van der Waals surface area contributed by atoms with Crippen molar-refractivity contribution in [3.05, 3.63) is 26.1 Å². The van der Waals surface area contributed by atoms with Crippen LogP contribution in [0, 0.1) is 35.3 Å². The van der Waals surface area contributed by atoms with Gasteiger partial charge in [0, 0.05) is 4.88 Å². The SMILES string of the molecule is Cc1sc([N+](=O)[O-])c(C)c1C#N. The van der Waals surface area contributed by atoms with Crippen molar-refractivity contribution in [3.63, 3.8) is 0 Å². The number of hydrogen-bond donors (Lipinski definition) is 0. The van der Waals surface area contributed by atoms with Crippen LogP contribution in [0.5, 0.6) is 0 Å². The number of thiophene rings is 1. The summed E-state index contributed by atoms with van der Waals surface area (Å²) in [5, 5.41) is 19.1. The quantitative estimate of drug-likeness (QED) is 0.493. The third-order valence-corrected chi connectivity index (χ3v) is 2.73. The summed E-state index contributed by atoms with van der Waals surface area (Å²) >= 11 is 1.05. The topological polar surface area (TPSA) is 66.9 Å². The van der Waals surface area contributed by atoms with Crippen LogP contribution in [0.1, 0.15) is 16.0 Å². The minimum Gasteiger partial charge on any atom is -0.258 e. The minimum atomic E-state index is -0.451. The normalized spacial score (nSPS) is 9.42. The molecule has 0 radical (unpaired) electrons. The minimum absolute atomic E-state index is 0.0732. The molecule has 1 rings (SSSR count). The molecule has 0 spiro atoms. The zero-order valence-electron chi connectivity index (χ0n) is 6.62. The zero-order chi connectivity index (χ0) is 9.30. The average Bonchev–Trinajstić information content (AvgIpc) is 2.27. The van der Waals surface area contributed by atoms with Gasteiger partial charge in [-0.2, -0.15) is 5.26 Å². The second kappa shape index (κ2) is 2.91. The standard InChI is InChI=1S/C7H6N2O2S/c1-4-6(3-8)5(2)12-7(4)9(10)11/h1-2H3. The molecule has 12 heavy (non-hydrogen) atoms. The second-order valence-electron chi connectivity index (χ2n) is 2.33. The molecule has 1 aromatic rings. The third-order valence-electron chi connectivity index (χ3n) is 1.58. The van der Waals surface area contributed by atoms with Gasteiger partial charge in [-0.1, -0.05) is 11.3 Å². The molecule has 0 unspecified atom stereocenters. The summed E-state index contributed by atoms with van der Waals surface area (Å²) in [5.74, 6) is 0. The van der Waals surface area contributed by atoms with Crippen molar-refractivity contribution >= 4 is 16.3 Å². The lowest BCUT2D eigenvalue weighted by Crippen LogP contribution is -1.86. The van der Waals surface area contributed by atoms with Crippen LogP contribution < -0.4 is 0 Å². The molecule has 0 aliphatic carbocycles. The Hall–Kier alpha value is -1.41. The van der Waals surface area contributed by atoms with Crippen LogP contribution in [0.2, 0.25) is 0 Å². The highest BCUT2D eigenvalue weighted by Gasteiger charge is 2.19. The number of nitrogens with zero attached hydrogens (tertiary/aromatic N) is 2. The molecule has 0 amide bonds. The zero-order valence-corrected chi connectivity index (χ0v) is 7.44. The van der Waals surface area contributed by atoms with E-state index in [9.17, 15) is 10.1 Å². The van der Waals surface area contributed by atoms with E-state index in [1.807, 2.05) is 6.07 Å². The fraction of sp³-hybridized carbons (Fsp3) is 0.286. The van der Waals surface area contributed by atoms with E-state index in [-0.39, 0.29) is 5.00 Å². The number of aryl methyl sites for hydroxylation is 1. The molecule has 0 fully saturated rings. The predicted molar refractivity (Wildman–Crippen MR) is 45.2 cm³/mol. The monoisotopic (exact) mass is 182 g/mol. The Labute approximate surface area is 73.2 Å². The van der Waals surface area contributed by atoms with Gasteiger partial charge in [0.25, 0.3) is 0 Å². The maximum Gasteiger partial charge on any atom is 0.328 e. The Morgan fingerprint density at radius 1 is 1.58 bits per heavy atom. The van der Waals surface area contributed by atoms with Crippen molar-refractivity contribution < 1.29 is 4.92 Å². The predicted octanol–water partition coefficient (Wildman–Crippen LogP) is 2.14. The van der Waals surface area contributed by atoms with Gasteiger partial charge in [-0.25, -0.2) is 0 Å². The summed E-state index contributed by atoms with van der Waals surface area (Å²) < 4.78 is 0. The molecule has 4 nitrogen and oxygen atoms in total. The maximum absolute atomic E-state index is 10.4. The molecule has 0 aliphatic rings. The summed E-state index contributed by atoms with van der Waals surface area (Å²) in [6.07, 6.45) is 0. The molecule has 0 bridgehead atoms. The lowest BCUT2D eigenvalue weighted by atomic mass is 10.2. The highest BCUT2D eigenvalue weighted by Crippen LogP contribution is 2.32. The van der Waals surface area contributed by atoms with Gasteiger partial charge in [0.05, 0.1) is 16.1 Å². The van der Waals surface area contributed by atoms with Gasteiger partial charge in [0.1, 0.15) is 6.07 Å². The summed E-state index contributed by atoms with van der Waals surface area (Å²) in [4.78, 5) is 10.7. The largest absolute Gasteiger partial charge is 0.328 e. The second-order valence-corrected chi connectivity index (χ2v) is 3.54. The Morgan fingerprint density at radius 3 is 2.42 bits per heavy atom. The van der Waals surface area contributed by atoms with Crippen molar-refractivity contribution in [3.8, 4) is 6.07 Å². The van der Waals surface area contributed by atoms with Crippen LogP contribution in [0.25, 0.3) is 0 Å². The average molecular weight is 182 g/mol. The van der Waals surface area contributed by atoms with Crippen LogP contribution in [-0.2, 0) is 0 Å². The van der Waals surface area contributed by atoms with Crippen LogP contribution in [0.3, 0.4) is 0 Å². The molecule has 0 aromatic carbocycles. The Balaban J connectivity index is 3.39. The van der Waals surface area contributed by atoms with Crippen molar-refractivity contribution in [1.29, 1.82) is 5.26 Å². The molecule has 62 valence electrons. The molecular weight excluding hydrogens is 176 g/mol. The van der Waals surface area contributed by atoms with E-state index in [0.29, 0.717) is 16.0 Å². The molecule has 5 heteroatoms. The summed E-state index contributed by atoms with van der Waals surface area (Å²) in [7, 11) is 0. The van der Waals surface area contributed by atoms with Gasteiger partial charge in [0.2, 0.25) is 0 Å².